The molecule has 0 aliphatic carbocycles. The summed E-state index contributed by atoms with van der Waals surface area (Å²) in [5, 5.41) is 12.0. The van der Waals surface area contributed by atoms with E-state index >= 15 is 0 Å². The Morgan fingerprint density at radius 3 is 2.62 bits per heavy atom. The molecule has 9 nitrogen and oxygen atoms in total. The maximum absolute atomic E-state index is 13.0. The van der Waals surface area contributed by atoms with Gasteiger partial charge in [0.2, 0.25) is 0 Å². The lowest BCUT2D eigenvalue weighted by atomic mass is 9.92. The third-order valence-corrected chi connectivity index (χ3v) is 5.46. The Labute approximate surface area is 182 Å². The standard InChI is InChI=1S/C23H18N6O3/c1-23(21(31)27-22(32)28-23)15-8-5-9-16(12-15)26-20(30)17-13-25-29-18(10-11-24-19(17)29)14-6-3-2-4-7-14/h2-13H,1H3,(H,26,30)(H2,27,28,31,32). The second-order valence-corrected chi connectivity index (χ2v) is 7.56. The molecule has 32 heavy (non-hydrogen) atoms. The maximum Gasteiger partial charge on any atom is 0.322 e. The highest BCUT2D eigenvalue weighted by Crippen LogP contribution is 2.27. The van der Waals surface area contributed by atoms with Crippen LogP contribution in [0.3, 0.4) is 0 Å². The third-order valence-electron chi connectivity index (χ3n) is 5.46. The first-order valence-corrected chi connectivity index (χ1v) is 9.89. The van der Waals surface area contributed by atoms with Gasteiger partial charge >= 0.3 is 6.03 Å². The number of carbonyl (C=O) groups excluding carboxylic acids is 3. The predicted octanol–water partition coefficient (Wildman–Crippen LogP) is 2.70. The van der Waals surface area contributed by atoms with Crippen LogP contribution < -0.4 is 16.0 Å². The predicted molar refractivity (Wildman–Crippen MR) is 117 cm³/mol. The monoisotopic (exact) mass is 426 g/mol. The molecule has 2 aromatic heterocycles. The SMILES string of the molecule is CC1(c2cccc(NC(=O)c3cnn4c(-c5ccccc5)ccnc34)c2)NC(=O)NC1=O. The van der Waals surface area contributed by atoms with Gasteiger partial charge in [-0.15, -0.1) is 0 Å². The van der Waals surface area contributed by atoms with Crippen LogP contribution in [0.5, 0.6) is 0 Å². The first kappa shape index (κ1) is 19.4. The second kappa shape index (κ2) is 7.31. The van der Waals surface area contributed by atoms with Crippen molar-refractivity contribution >= 4 is 29.2 Å². The van der Waals surface area contributed by atoms with Gasteiger partial charge < -0.3 is 10.6 Å². The first-order valence-electron chi connectivity index (χ1n) is 9.89. The average Bonchev–Trinajstić information content (AvgIpc) is 3.35. The molecular formula is C23H18N6O3. The lowest BCUT2D eigenvalue weighted by molar-refractivity contribution is -0.123. The fraction of sp³-hybridized carbons (Fsp3) is 0.0870. The van der Waals surface area contributed by atoms with E-state index < -0.39 is 17.5 Å². The lowest BCUT2D eigenvalue weighted by Crippen LogP contribution is -2.40. The van der Waals surface area contributed by atoms with Gasteiger partial charge in [-0.3, -0.25) is 14.9 Å². The third kappa shape index (κ3) is 3.16. The number of urea groups is 1. The Hall–Kier alpha value is -4.53. The quantitative estimate of drug-likeness (QED) is 0.434. The highest BCUT2D eigenvalue weighted by Gasteiger charge is 2.43. The zero-order valence-corrected chi connectivity index (χ0v) is 17.0. The van der Waals surface area contributed by atoms with E-state index in [-0.39, 0.29) is 5.91 Å². The molecule has 0 radical (unpaired) electrons. The molecule has 5 rings (SSSR count). The number of rotatable bonds is 4. The number of nitrogens with one attached hydrogen (secondary N) is 3. The molecule has 3 heterocycles. The molecule has 1 atom stereocenters. The molecule has 1 fully saturated rings. The molecule has 1 aliphatic heterocycles. The summed E-state index contributed by atoms with van der Waals surface area (Å²) >= 11 is 0. The van der Waals surface area contributed by atoms with Gasteiger partial charge in [0.1, 0.15) is 11.1 Å². The van der Waals surface area contributed by atoms with Gasteiger partial charge in [-0.1, -0.05) is 42.5 Å². The van der Waals surface area contributed by atoms with Crippen LogP contribution in [0, 0.1) is 0 Å². The van der Waals surface area contributed by atoms with E-state index in [0.717, 1.165) is 11.3 Å². The zero-order chi connectivity index (χ0) is 22.3. The van der Waals surface area contributed by atoms with Crippen LogP contribution in [-0.4, -0.2) is 32.4 Å². The fourth-order valence-electron chi connectivity index (χ4n) is 3.73. The highest BCUT2D eigenvalue weighted by atomic mass is 16.2. The number of anilines is 1. The molecule has 4 amide bonds. The van der Waals surface area contributed by atoms with E-state index in [0.29, 0.717) is 22.5 Å². The summed E-state index contributed by atoms with van der Waals surface area (Å²) in [6, 6.07) is 17.8. The number of aromatic nitrogens is 3. The molecule has 1 unspecified atom stereocenters. The minimum absolute atomic E-state index is 0.311. The Balaban J connectivity index is 1.45. The molecule has 1 aliphatic rings. The number of imide groups is 1. The maximum atomic E-state index is 13.0. The fourth-order valence-corrected chi connectivity index (χ4v) is 3.73. The summed E-state index contributed by atoms with van der Waals surface area (Å²) in [7, 11) is 0. The van der Waals surface area contributed by atoms with Crippen LogP contribution in [-0.2, 0) is 10.3 Å². The van der Waals surface area contributed by atoms with Crippen molar-refractivity contribution in [3.63, 3.8) is 0 Å². The molecule has 1 saturated heterocycles. The van der Waals surface area contributed by atoms with E-state index in [1.165, 1.54) is 6.20 Å². The summed E-state index contributed by atoms with van der Waals surface area (Å²) in [4.78, 5) is 41.2. The molecule has 158 valence electrons. The van der Waals surface area contributed by atoms with Crippen molar-refractivity contribution < 1.29 is 14.4 Å². The number of nitrogens with zero attached hydrogens (tertiary/aromatic N) is 3. The van der Waals surface area contributed by atoms with E-state index in [9.17, 15) is 14.4 Å². The number of amides is 4. The molecule has 2 aromatic carbocycles. The first-order chi connectivity index (χ1) is 15.5. The minimum atomic E-state index is -1.21. The number of carbonyl (C=O) groups is 3. The Morgan fingerprint density at radius 1 is 1.06 bits per heavy atom. The Morgan fingerprint density at radius 2 is 1.88 bits per heavy atom. The minimum Gasteiger partial charge on any atom is -0.322 e. The van der Waals surface area contributed by atoms with Crippen molar-refractivity contribution in [2.24, 2.45) is 0 Å². The van der Waals surface area contributed by atoms with Gasteiger partial charge in [-0.2, -0.15) is 5.10 Å². The van der Waals surface area contributed by atoms with Crippen LogP contribution in [0.1, 0.15) is 22.8 Å². The largest absolute Gasteiger partial charge is 0.322 e. The van der Waals surface area contributed by atoms with Gasteiger partial charge in [0.05, 0.1) is 11.9 Å². The molecule has 4 aromatic rings. The van der Waals surface area contributed by atoms with E-state index in [1.54, 1.807) is 41.9 Å². The van der Waals surface area contributed by atoms with Crippen LogP contribution in [0.2, 0.25) is 0 Å². The van der Waals surface area contributed by atoms with Gasteiger partial charge in [0, 0.05) is 17.4 Å². The highest BCUT2D eigenvalue weighted by molar-refractivity contribution is 6.09. The molecule has 3 N–H and O–H groups in total. The Kier molecular flexibility index (Phi) is 4.44. The number of hydrogen-bond donors (Lipinski definition) is 3. The lowest BCUT2D eigenvalue weighted by Gasteiger charge is -2.21. The van der Waals surface area contributed by atoms with Crippen LogP contribution in [0.25, 0.3) is 16.9 Å². The normalized spacial score (nSPS) is 17.8. The van der Waals surface area contributed by atoms with Crippen molar-refractivity contribution in [1.82, 2.24) is 25.2 Å². The van der Waals surface area contributed by atoms with E-state index in [1.807, 2.05) is 36.4 Å². The molecular weight excluding hydrogens is 408 g/mol. The van der Waals surface area contributed by atoms with Crippen molar-refractivity contribution in [2.75, 3.05) is 5.32 Å². The topological polar surface area (TPSA) is 117 Å². The van der Waals surface area contributed by atoms with Crippen LogP contribution >= 0.6 is 0 Å². The van der Waals surface area contributed by atoms with Crippen LogP contribution in [0.15, 0.2) is 73.1 Å². The molecule has 0 saturated carbocycles. The van der Waals surface area contributed by atoms with Gasteiger partial charge in [-0.25, -0.2) is 14.3 Å². The number of benzene rings is 2. The number of fused-ring (bicyclic) bond motifs is 1. The van der Waals surface area contributed by atoms with E-state index in [2.05, 4.69) is 26.0 Å². The van der Waals surface area contributed by atoms with Gasteiger partial charge in [0.25, 0.3) is 11.8 Å². The van der Waals surface area contributed by atoms with Crippen molar-refractivity contribution in [2.45, 2.75) is 12.5 Å². The summed E-state index contributed by atoms with van der Waals surface area (Å²) in [5.74, 6) is -0.842. The van der Waals surface area contributed by atoms with Crippen molar-refractivity contribution in [3.05, 3.63) is 84.2 Å². The van der Waals surface area contributed by atoms with Crippen LogP contribution in [0.4, 0.5) is 10.5 Å². The summed E-state index contributed by atoms with van der Waals surface area (Å²) in [6.07, 6.45) is 3.11. The Bertz CT molecular complexity index is 1380. The second-order valence-electron chi connectivity index (χ2n) is 7.56. The van der Waals surface area contributed by atoms with Crippen molar-refractivity contribution in [3.8, 4) is 11.3 Å². The number of hydrogen-bond acceptors (Lipinski definition) is 5. The van der Waals surface area contributed by atoms with Crippen molar-refractivity contribution in [1.29, 1.82) is 0 Å². The van der Waals surface area contributed by atoms with Gasteiger partial charge in [-0.05, 0) is 30.7 Å². The summed E-state index contributed by atoms with van der Waals surface area (Å²) in [5.41, 5.74) is 2.30. The zero-order valence-electron chi connectivity index (χ0n) is 17.0. The summed E-state index contributed by atoms with van der Waals surface area (Å²) < 4.78 is 1.63. The molecule has 0 bridgehead atoms. The molecule has 9 heteroatoms. The van der Waals surface area contributed by atoms with E-state index in [4.69, 9.17) is 0 Å². The smallest absolute Gasteiger partial charge is 0.322 e. The van der Waals surface area contributed by atoms with Gasteiger partial charge in [0.15, 0.2) is 5.65 Å². The summed E-state index contributed by atoms with van der Waals surface area (Å²) in [6.45, 7) is 1.61. The molecule has 0 spiro atoms. The average molecular weight is 426 g/mol.